The van der Waals surface area contributed by atoms with Crippen molar-refractivity contribution in [1.29, 1.82) is 0 Å². The molecule has 11 heteroatoms. The Morgan fingerprint density at radius 2 is 1.84 bits per heavy atom. The molecule has 0 spiro atoms. The molecular formula is C32H26ClF4NO5. The third kappa shape index (κ3) is 7.32. The van der Waals surface area contributed by atoms with E-state index in [2.05, 4.69) is 5.32 Å². The van der Waals surface area contributed by atoms with Gasteiger partial charge in [-0.2, -0.15) is 13.2 Å². The van der Waals surface area contributed by atoms with Gasteiger partial charge in [-0.25, -0.2) is 14.0 Å². The second kappa shape index (κ2) is 12.8. The van der Waals surface area contributed by atoms with Crippen molar-refractivity contribution in [2.45, 2.75) is 45.7 Å². The van der Waals surface area contributed by atoms with Crippen molar-refractivity contribution >= 4 is 46.2 Å². The molecule has 4 rings (SSSR count). The average molecular weight is 616 g/mol. The van der Waals surface area contributed by atoms with E-state index in [1.807, 2.05) is 6.92 Å². The lowest BCUT2D eigenvalue weighted by Crippen LogP contribution is -2.22. The Morgan fingerprint density at radius 1 is 1.09 bits per heavy atom. The summed E-state index contributed by atoms with van der Waals surface area (Å²) in [5.74, 6) is -3.17. The normalized spacial score (nSPS) is 12.0. The molecule has 1 aromatic heterocycles. The number of carboxylic acid groups (broad SMARTS) is 1. The van der Waals surface area contributed by atoms with E-state index in [9.17, 15) is 37.1 Å². The van der Waals surface area contributed by atoms with Gasteiger partial charge < -0.3 is 14.8 Å². The maximum atomic E-state index is 13.6. The molecule has 1 heterocycles. The second-order valence-electron chi connectivity index (χ2n) is 9.96. The summed E-state index contributed by atoms with van der Waals surface area (Å²) in [6.07, 6.45) is -2.29. The first kappa shape index (κ1) is 31.5. The first-order valence-electron chi connectivity index (χ1n) is 13.2. The average Bonchev–Trinajstić information content (AvgIpc) is 2.93. The topological polar surface area (TPSA) is 96.6 Å². The number of carbonyl (C=O) groups excluding carboxylic acids is 1. The highest BCUT2D eigenvalue weighted by Gasteiger charge is 2.34. The van der Waals surface area contributed by atoms with Gasteiger partial charge in [-0.3, -0.25) is 4.79 Å². The smallest absolute Gasteiger partial charge is 0.418 e. The minimum absolute atomic E-state index is 0.118. The largest absolute Gasteiger partial charge is 0.478 e. The van der Waals surface area contributed by atoms with Gasteiger partial charge in [-0.1, -0.05) is 43.1 Å². The molecule has 0 saturated carbocycles. The van der Waals surface area contributed by atoms with Crippen LogP contribution in [0.25, 0.3) is 28.2 Å². The zero-order chi connectivity index (χ0) is 31.5. The fraction of sp³-hybridized carbons (Fsp3) is 0.219. The van der Waals surface area contributed by atoms with Gasteiger partial charge in [-0.05, 0) is 72.9 Å². The van der Waals surface area contributed by atoms with Crippen LogP contribution in [0, 0.1) is 12.7 Å². The van der Waals surface area contributed by atoms with Gasteiger partial charge in [0.2, 0.25) is 5.91 Å². The Labute approximate surface area is 248 Å². The molecule has 0 fully saturated rings. The molecule has 6 nitrogen and oxygen atoms in total. The highest BCUT2D eigenvalue weighted by atomic mass is 35.5. The fourth-order valence-electron chi connectivity index (χ4n) is 4.67. The summed E-state index contributed by atoms with van der Waals surface area (Å²) in [4.78, 5) is 38.1. The van der Waals surface area contributed by atoms with Crippen molar-refractivity contribution in [3.05, 3.63) is 104 Å². The summed E-state index contributed by atoms with van der Waals surface area (Å²) in [6, 6.07) is 11.6. The van der Waals surface area contributed by atoms with Gasteiger partial charge in [0, 0.05) is 27.6 Å². The molecule has 2 N–H and O–H groups in total. The number of fused-ring (bicyclic) bond motifs is 1. The number of carboxylic acids is 1. The van der Waals surface area contributed by atoms with E-state index in [1.165, 1.54) is 12.1 Å². The van der Waals surface area contributed by atoms with Crippen LogP contribution >= 0.6 is 11.6 Å². The van der Waals surface area contributed by atoms with E-state index in [1.54, 1.807) is 37.3 Å². The van der Waals surface area contributed by atoms with Crippen LogP contribution < -0.4 is 10.9 Å². The minimum atomic E-state index is -4.95. The van der Waals surface area contributed by atoms with Crippen molar-refractivity contribution in [3.63, 3.8) is 0 Å². The molecule has 0 aliphatic heterocycles. The number of unbranched alkanes of at least 4 members (excludes halogenated alkanes) is 1. The first-order chi connectivity index (χ1) is 20.3. The third-order valence-electron chi connectivity index (χ3n) is 6.77. The van der Waals surface area contributed by atoms with E-state index in [0.29, 0.717) is 39.9 Å². The third-order valence-corrected chi connectivity index (χ3v) is 7.18. The van der Waals surface area contributed by atoms with E-state index in [0.717, 1.165) is 18.6 Å². The zero-order valence-corrected chi connectivity index (χ0v) is 23.8. The van der Waals surface area contributed by atoms with Crippen molar-refractivity contribution < 1.29 is 36.7 Å². The Balaban J connectivity index is 1.86. The van der Waals surface area contributed by atoms with Crippen LogP contribution in [0.3, 0.4) is 0 Å². The summed E-state index contributed by atoms with van der Waals surface area (Å²) in [5.41, 5.74) is -0.935. The number of amides is 1. The van der Waals surface area contributed by atoms with Crippen LogP contribution in [0.2, 0.25) is 5.02 Å². The molecule has 0 radical (unpaired) electrons. The number of benzene rings is 3. The maximum absolute atomic E-state index is 13.6. The Kier molecular flexibility index (Phi) is 9.40. The number of carbonyl (C=O) groups is 2. The molecule has 0 atom stereocenters. The summed E-state index contributed by atoms with van der Waals surface area (Å²) in [5, 5.41) is 12.5. The lowest BCUT2D eigenvalue weighted by Gasteiger charge is -2.16. The van der Waals surface area contributed by atoms with E-state index >= 15 is 0 Å². The number of hydrogen-bond acceptors (Lipinski definition) is 4. The van der Waals surface area contributed by atoms with Crippen LogP contribution in [0.5, 0.6) is 0 Å². The zero-order valence-electron chi connectivity index (χ0n) is 23.1. The number of anilines is 1. The highest BCUT2D eigenvalue weighted by Crippen LogP contribution is 2.37. The quantitative estimate of drug-likeness (QED) is 0.112. The molecule has 0 aliphatic rings. The van der Waals surface area contributed by atoms with Crippen LogP contribution in [0.1, 0.15) is 48.4 Å². The molecule has 43 heavy (non-hydrogen) atoms. The van der Waals surface area contributed by atoms with Crippen molar-refractivity contribution in [1.82, 2.24) is 0 Å². The van der Waals surface area contributed by atoms with Crippen LogP contribution in [0.4, 0.5) is 23.2 Å². The lowest BCUT2D eigenvalue weighted by atomic mass is 9.93. The number of alkyl halides is 3. The molecule has 4 aromatic rings. The van der Waals surface area contributed by atoms with Crippen molar-refractivity contribution in [2.75, 3.05) is 5.32 Å². The molecule has 0 saturated heterocycles. The minimum Gasteiger partial charge on any atom is -0.478 e. The van der Waals surface area contributed by atoms with E-state index in [-0.39, 0.29) is 28.3 Å². The number of hydrogen-bond donors (Lipinski definition) is 2. The molecule has 0 unspecified atom stereocenters. The summed E-state index contributed by atoms with van der Waals surface area (Å²) >= 11 is 6.26. The van der Waals surface area contributed by atoms with Gasteiger partial charge in [0.1, 0.15) is 11.4 Å². The molecular weight excluding hydrogens is 590 g/mol. The number of halogens is 5. The molecule has 0 bridgehead atoms. The van der Waals surface area contributed by atoms with Gasteiger partial charge >= 0.3 is 17.8 Å². The standard InChI is InChI=1S/C32H26ClF4NO5/c1-3-4-7-20(30(40)41)13-18-6-5-8-19(12-18)29-22-11-17(2)25(33)16-27(22)43-31(42)23(29)15-28(39)38-26-10-9-21(34)14-24(26)32(35,36)37/h5-6,8-14,16H,3-4,7,15H2,1-2H3,(H,38,39)(H,40,41)/b20-13+. The van der Waals surface area contributed by atoms with Crippen LogP contribution in [-0.2, 0) is 22.2 Å². The van der Waals surface area contributed by atoms with Crippen LogP contribution in [0.15, 0.2) is 69.4 Å². The molecule has 0 aliphatic carbocycles. The summed E-state index contributed by atoms with van der Waals surface area (Å²) < 4.78 is 59.6. The second-order valence-corrected chi connectivity index (χ2v) is 10.4. The summed E-state index contributed by atoms with van der Waals surface area (Å²) in [7, 11) is 0. The van der Waals surface area contributed by atoms with Gasteiger partial charge in [0.15, 0.2) is 0 Å². The van der Waals surface area contributed by atoms with E-state index < -0.39 is 47.2 Å². The first-order valence-corrected chi connectivity index (χ1v) is 13.6. The SMILES string of the molecule is CCCC/C(=C\c1cccc(-c2c(CC(=O)Nc3ccc(F)cc3C(F)(F)F)c(=O)oc3cc(Cl)c(C)cc23)c1)C(=O)O. The number of aliphatic carboxylic acids is 1. The Hall–Kier alpha value is -4.44. The van der Waals surface area contributed by atoms with Crippen LogP contribution in [-0.4, -0.2) is 17.0 Å². The summed E-state index contributed by atoms with van der Waals surface area (Å²) in [6.45, 7) is 3.67. The highest BCUT2D eigenvalue weighted by molar-refractivity contribution is 6.32. The van der Waals surface area contributed by atoms with Gasteiger partial charge in [-0.15, -0.1) is 0 Å². The molecule has 1 amide bonds. The monoisotopic (exact) mass is 615 g/mol. The number of rotatable bonds is 9. The lowest BCUT2D eigenvalue weighted by molar-refractivity contribution is -0.137. The Morgan fingerprint density at radius 3 is 2.51 bits per heavy atom. The maximum Gasteiger partial charge on any atom is 0.418 e. The van der Waals surface area contributed by atoms with Gasteiger partial charge in [0.05, 0.1) is 23.2 Å². The molecule has 3 aromatic carbocycles. The Bertz CT molecular complexity index is 1810. The van der Waals surface area contributed by atoms with Crippen molar-refractivity contribution in [3.8, 4) is 11.1 Å². The van der Waals surface area contributed by atoms with Crippen molar-refractivity contribution in [2.24, 2.45) is 0 Å². The molecule has 224 valence electrons. The van der Waals surface area contributed by atoms with E-state index in [4.69, 9.17) is 16.0 Å². The number of aryl methyl sites for hydroxylation is 1. The number of nitrogens with one attached hydrogen (secondary N) is 1. The predicted octanol–water partition coefficient (Wildman–Crippen LogP) is 8.42. The predicted molar refractivity (Wildman–Crippen MR) is 157 cm³/mol. The van der Waals surface area contributed by atoms with Gasteiger partial charge in [0.25, 0.3) is 0 Å². The fourth-order valence-corrected chi connectivity index (χ4v) is 4.82.